The lowest BCUT2D eigenvalue weighted by molar-refractivity contribution is -0.136. The second kappa shape index (κ2) is 14.3. The first-order valence-corrected chi connectivity index (χ1v) is 9.98. The highest BCUT2D eigenvalue weighted by atomic mass is 16.5. The van der Waals surface area contributed by atoms with Crippen molar-refractivity contribution in [1.29, 1.82) is 0 Å². The van der Waals surface area contributed by atoms with E-state index in [1.807, 2.05) is 43.4 Å². The van der Waals surface area contributed by atoms with Gasteiger partial charge >= 0.3 is 5.97 Å². The fourth-order valence-corrected chi connectivity index (χ4v) is 2.82. The molecule has 158 valence electrons. The average molecular weight is 395 g/mol. The van der Waals surface area contributed by atoms with E-state index in [9.17, 15) is 20.1 Å². The summed E-state index contributed by atoms with van der Waals surface area (Å²) >= 11 is 0. The fourth-order valence-electron chi connectivity index (χ4n) is 2.82. The highest BCUT2D eigenvalue weighted by Crippen LogP contribution is 2.25. The normalized spacial score (nSPS) is 25.5. The van der Waals surface area contributed by atoms with Crippen LogP contribution in [0.1, 0.15) is 51.9 Å². The zero-order valence-electron chi connectivity index (χ0n) is 16.6. The Kier molecular flexibility index (Phi) is 12.4. The van der Waals surface area contributed by atoms with E-state index < -0.39 is 30.4 Å². The van der Waals surface area contributed by atoms with Gasteiger partial charge in [0.15, 0.2) is 0 Å². The van der Waals surface area contributed by atoms with Crippen molar-refractivity contribution in [2.24, 2.45) is 0 Å². The predicted octanol–water partition coefficient (Wildman–Crippen LogP) is 2.90. The molecule has 0 aromatic rings. The van der Waals surface area contributed by atoms with Crippen molar-refractivity contribution in [3.8, 4) is 0 Å². The highest BCUT2D eigenvalue weighted by Gasteiger charge is 2.35. The average Bonchev–Trinajstić information content (AvgIpc) is 3.04. The second-order valence-electron chi connectivity index (χ2n) is 6.92. The Bertz CT molecular complexity index is 551. The predicted molar refractivity (Wildman–Crippen MR) is 109 cm³/mol. The molecule has 0 spiro atoms. The first-order valence-electron chi connectivity index (χ1n) is 9.98. The maximum Gasteiger partial charge on any atom is 0.303 e. The fraction of sp³-hybridized carbons (Fsp3) is 0.591. The molecule has 0 amide bonds. The molecule has 1 heterocycles. The van der Waals surface area contributed by atoms with E-state index in [1.165, 1.54) is 0 Å². The molecule has 0 radical (unpaired) electrons. The summed E-state index contributed by atoms with van der Waals surface area (Å²) in [4.78, 5) is 10.3. The SMILES string of the molecule is CC[C@H](O)[C@H]1C[C@@H](O)[C@@H](/C=C/[C@H](O)C/C=C\C/C=C\C/C=C\CCC(=O)O)O1. The van der Waals surface area contributed by atoms with Crippen LogP contribution in [0.2, 0.25) is 0 Å². The van der Waals surface area contributed by atoms with E-state index >= 15 is 0 Å². The first kappa shape index (κ1) is 24.3. The van der Waals surface area contributed by atoms with Crippen molar-refractivity contribution < 1.29 is 30.0 Å². The monoisotopic (exact) mass is 394 g/mol. The lowest BCUT2D eigenvalue weighted by atomic mass is 10.1. The van der Waals surface area contributed by atoms with Crippen LogP contribution in [0.25, 0.3) is 0 Å². The van der Waals surface area contributed by atoms with Gasteiger partial charge in [0.2, 0.25) is 0 Å². The van der Waals surface area contributed by atoms with Gasteiger partial charge in [-0.15, -0.1) is 0 Å². The van der Waals surface area contributed by atoms with Crippen molar-refractivity contribution >= 4 is 5.97 Å². The molecule has 1 aliphatic heterocycles. The van der Waals surface area contributed by atoms with Gasteiger partial charge in [-0.05, 0) is 32.1 Å². The topological polar surface area (TPSA) is 107 Å². The Morgan fingerprint density at radius 2 is 1.75 bits per heavy atom. The van der Waals surface area contributed by atoms with Crippen LogP contribution >= 0.6 is 0 Å². The number of carbonyl (C=O) groups is 1. The van der Waals surface area contributed by atoms with Crippen LogP contribution in [0.5, 0.6) is 0 Å². The number of aliphatic carboxylic acids is 1. The third kappa shape index (κ3) is 10.6. The third-order valence-corrected chi connectivity index (χ3v) is 4.50. The molecule has 28 heavy (non-hydrogen) atoms. The molecule has 4 N–H and O–H groups in total. The van der Waals surface area contributed by atoms with Gasteiger partial charge in [0.25, 0.3) is 0 Å². The highest BCUT2D eigenvalue weighted by molar-refractivity contribution is 5.66. The minimum Gasteiger partial charge on any atom is -0.481 e. The van der Waals surface area contributed by atoms with Gasteiger partial charge in [-0.2, -0.15) is 0 Å². The molecular weight excluding hydrogens is 360 g/mol. The number of carboxylic acids is 1. The van der Waals surface area contributed by atoms with Crippen molar-refractivity contribution in [2.75, 3.05) is 0 Å². The largest absolute Gasteiger partial charge is 0.481 e. The van der Waals surface area contributed by atoms with Gasteiger partial charge in [0.05, 0.1) is 24.4 Å². The summed E-state index contributed by atoms with van der Waals surface area (Å²) < 4.78 is 5.63. The molecule has 1 aliphatic rings. The number of hydrogen-bond acceptors (Lipinski definition) is 5. The number of carboxylic acid groups (broad SMARTS) is 1. The minimum absolute atomic E-state index is 0.160. The van der Waals surface area contributed by atoms with Crippen LogP contribution in [-0.2, 0) is 9.53 Å². The van der Waals surface area contributed by atoms with Gasteiger partial charge in [-0.3, -0.25) is 4.79 Å². The standard InChI is InChI=1S/C22H34O6/c1-2-18(24)21-16-19(25)20(28-21)15-14-17(23)12-10-8-6-4-3-5-7-9-11-13-22(26)27/h3-4,7-10,14-15,17-21,23-25H,2,5-6,11-13,16H2,1H3,(H,26,27)/b4-3-,9-7-,10-8-,15-14+/t17-,18+,19-,20-,21-/m1/s1. The van der Waals surface area contributed by atoms with Crippen molar-refractivity contribution in [2.45, 2.75) is 82.4 Å². The van der Waals surface area contributed by atoms with Crippen LogP contribution in [-0.4, -0.2) is 56.9 Å². The summed E-state index contributed by atoms with van der Waals surface area (Å²) in [6.45, 7) is 1.87. The first-order chi connectivity index (χ1) is 13.4. The molecule has 1 rings (SSSR count). The molecule has 0 aromatic heterocycles. The van der Waals surface area contributed by atoms with Gasteiger partial charge < -0.3 is 25.2 Å². The summed E-state index contributed by atoms with van der Waals surface area (Å²) in [5, 5.41) is 38.3. The molecule has 6 heteroatoms. The Hall–Kier alpha value is -1.73. The molecule has 6 nitrogen and oxygen atoms in total. The van der Waals surface area contributed by atoms with E-state index in [2.05, 4.69) is 0 Å². The summed E-state index contributed by atoms with van der Waals surface area (Å²) in [6, 6.07) is 0. The number of aliphatic hydroxyl groups excluding tert-OH is 3. The molecule has 1 saturated heterocycles. The molecule has 0 aromatic carbocycles. The van der Waals surface area contributed by atoms with Gasteiger partial charge in [-0.1, -0.05) is 55.5 Å². The van der Waals surface area contributed by atoms with E-state index in [0.29, 0.717) is 25.7 Å². The summed E-state index contributed by atoms with van der Waals surface area (Å²) in [5.41, 5.74) is 0. The minimum atomic E-state index is -0.784. The lowest BCUT2D eigenvalue weighted by Crippen LogP contribution is -2.25. The van der Waals surface area contributed by atoms with Crippen LogP contribution in [0.4, 0.5) is 0 Å². The number of aliphatic hydroxyl groups is 3. The Morgan fingerprint density at radius 1 is 1.11 bits per heavy atom. The number of ether oxygens (including phenoxy) is 1. The molecule has 0 unspecified atom stereocenters. The van der Waals surface area contributed by atoms with Gasteiger partial charge in [0.1, 0.15) is 6.10 Å². The second-order valence-corrected chi connectivity index (χ2v) is 6.92. The van der Waals surface area contributed by atoms with Crippen LogP contribution in [0.3, 0.4) is 0 Å². The van der Waals surface area contributed by atoms with Crippen molar-refractivity contribution in [3.63, 3.8) is 0 Å². The molecule has 1 fully saturated rings. The lowest BCUT2D eigenvalue weighted by Gasteiger charge is -2.16. The maximum atomic E-state index is 10.3. The maximum absolute atomic E-state index is 10.3. The zero-order chi connectivity index (χ0) is 20.8. The molecular formula is C22H34O6. The van der Waals surface area contributed by atoms with E-state index in [0.717, 1.165) is 12.8 Å². The van der Waals surface area contributed by atoms with E-state index in [-0.39, 0.29) is 12.5 Å². The van der Waals surface area contributed by atoms with E-state index in [1.54, 1.807) is 12.2 Å². The van der Waals surface area contributed by atoms with Crippen molar-refractivity contribution in [1.82, 2.24) is 0 Å². The van der Waals surface area contributed by atoms with E-state index in [4.69, 9.17) is 9.84 Å². The zero-order valence-corrected chi connectivity index (χ0v) is 16.6. The molecule has 0 saturated carbocycles. The van der Waals surface area contributed by atoms with Crippen LogP contribution in [0.15, 0.2) is 48.6 Å². The smallest absolute Gasteiger partial charge is 0.303 e. The summed E-state index contributed by atoms with van der Waals surface area (Å²) in [6.07, 6.45) is 16.0. The summed E-state index contributed by atoms with van der Waals surface area (Å²) in [5.74, 6) is -0.784. The van der Waals surface area contributed by atoms with Crippen molar-refractivity contribution in [3.05, 3.63) is 48.6 Å². The number of allylic oxidation sites excluding steroid dienone is 5. The summed E-state index contributed by atoms with van der Waals surface area (Å²) in [7, 11) is 0. The number of rotatable bonds is 13. The third-order valence-electron chi connectivity index (χ3n) is 4.50. The molecule has 5 atom stereocenters. The van der Waals surface area contributed by atoms with Crippen LogP contribution in [0, 0.1) is 0 Å². The Balaban J connectivity index is 2.18. The Labute approximate surface area is 167 Å². The Morgan fingerprint density at radius 3 is 2.39 bits per heavy atom. The molecule has 0 bridgehead atoms. The van der Waals surface area contributed by atoms with Gasteiger partial charge in [-0.25, -0.2) is 0 Å². The van der Waals surface area contributed by atoms with Crippen LogP contribution < -0.4 is 0 Å². The quantitative estimate of drug-likeness (QED) is 0.358. The molecule has 0 aliphatic carbocycles. The number of hydrogen-bond donors (Lipinski definition) is 4. The van der Waals surface area contributed by atoms with Gasteiger partial charge in [0, 0.05) is 12.8 Å².